The van der Waals surface area contributed by atoms with Gasteiger partial charge in [0.1, 0.15) is 11.4 Å². The summed E-state index contributed by atoms with van der Waals surface area (Å²) in [4.78, 5) is 25.7. The van der Waals surface area contributed by atoms with E-state index in [9.17, 15) is 9.59 Å². The van der Waals surface area contributed by atoms with Crippen molar-refractivity contribution >= 4 is 11.4 Å². The maximum atomic E-state index is 11.7. The summed E-state index contributed by atoms with van der Waals surface area (Å²) < 4.78 is 0. The Morgan fingerprint density at radius 2 is 1.42 bits per heavy atom. The molecule has 5 heteroatoms. The molecule has 0 aliphatic rings. The van der Waals surface area contributed by atoms with E-state index in [4.69, 9.17) is 0 Å². The highest BCUT2D eigenvalue weighted by molar-refractivity contribution is 5.74. The first-order valence-corrected chi connectivity index (χ1v) is 8.95. The van der Waals surface area contributed by atoms with Gasteiger partial charge in [-0.05, 0) is 65.6 Å². The molecule has 0 bridgehead atoms. The molecule has 1 aromatic rings. The van der Waals surface area contributed by atoms with E-state index >= 15 is 0 Å². The maximum Gasteiger partial charge on any atom is 0.253 e. The van der Waals surface area contributed by atoms with Crippen molar-refractivity contribution < 1.29 is 0 Å². The highest BCUT2D eigenvalue weighted by Gasteiger charge is 2.24. The highest BCUT2D eigenvalue weighted by atomic mass is 16.2. The second kappa shape index (κ2) is 8.15. The topological polar surface area (TPSA) is 61.4 Å². The lowest BCUT2D eigenvalue weighted by atomic mass is 9.90. The molecule has 138 valence electrons. The smallest absolute Gasteiger partial charge is 0.253 e. The summed E-state index contributed by atoms with van der Waals surface area (Å²) in [5.74, 6) is 0. The van der Waals surface area contributed by atoms with Crippen LogP contribution >= 0.6 is 0 Å². The van der Waals surface area contributed by atoms with Crippen LogP contribution in [0.3, 0.4) is 0 Å². The van der Waals surface area contributed by atoms with Gasteiger partial charge in [0, 0.05) is 12.1 Å². The third kappa shape index (κ3) is 7.04. The Bertz CT molecular complexity index is 587. The highest BCUT2D eigenvalue weighted by Crippen LogP contribution is 2.21. The predicted molar refractivity (Wildman–Crippen MR) is 104 cm³/mol. The zero-order chi connectivity index (χ0) is 18.5. The van der Waals surface area contributed by atoms with E-state index in [1.165, 1.54) is 12.8 Å². The van der Waals surface area contributed by atoms with Crippen LogP contribution in [0.2, 0.25) is 0 Å². The lowest BCUT2D eigenvalue weighted by Crippen LogP contribution is -2.42. The van der Waals surface area contributed by atoms with Crippen LogP contribution in [-0.4, -0.2) is 37.1 Å². The quantitative estimate of drug-likeness (QED) is 0.536. The average Bonchev–Trinajstić information content (AvgIpc) is 2.42. The summed E-state index contributed by atoms with van der Waals surface area (Å²) in [5.41, 5.74) is 0.234. The van der Waals surface area contributed by atoms with Crippen LogP contribution < -0.4 is 21.5 Å². The van der Waals surface area contributed by atoms with Crippen molar-refractivity contribution in [1.29, 1.82) is 0 Å². The van der Waals surface area contributed by atoms with Crippen LogP contribution in [0.4, 0.5) is 11.4 Å². The Balaban J connectivity index is 2.32. The molecule has 24 heavy (non-hydrogen) atoms. The summed E-state index contributed by atoms with van der Waals surface area (Å²) >= 11 is 0. The molecule has 0 fully saturated rings. The number of hydrogen-bond acceptors (Lipinski definition) is 5. The second-order valence-electron chi connectivity index (χ2n) is 9.03. The molecule has 5 nitrogen and oxygen atoms in total. The molecule has 0 aromatic heterocycles. The molecule has 0 atom stereocenters. The lowest BCUT2D eigenvalue weighted by molar-refractivity contribution is 0.287. The molecule has 0 amide bonds. The van der Waals surface area contributed by atoms with Crippen LogP contribution in [0, 0.1) is 5.41 Å². The van der Waals surface area contributed by atoms with Gasteiger partial charge in [-0.3, -0.25) is 9.59 Å². The Labute approximate surface area is 146 Å². The van der Waals surface area contributed by atoms with Gasteiger partial charge in [-0.2, -0.15) is 0 Å². The molecule has 0 heterocycles. The number of hydrogen-bond donors (Lipinski definition) is 2. The molecule has 0 saturated heterocycles. The van der Waals surface area contributed by atoms with E-state index in [0.29, 0.717) is 23.3 Å². The van der Waals surface area contributed by atoms with E-state index in [1.54, 1.807) is 0 Å². The molecule has 1 aromatic carbocycles. The third-order valence-electron chi connectivity index (χ3n) is 3.90. The van der Waals surface area contributed by atoms with Gasteiger partial charge in [-0.1, -0.05) is 20.8 Å². The Morgan fingerprint density at radius 3 is 1.96 bits per heavy atom. The van der Waals surface area contributed by atoms with Crippen molar-refractivity contribution in [3.05, 3.63) is 20.4 Å². The van der Waals surface area contributed by atoms with Gasteiger partial charge in [0.2, 0.25) is 0 Å². The molecule has 0 aliphatic heterocycles. The first kappa shape index (κ1) is 20.7. The molecule has 2 N–H and O–H groups in total. The van der Waals surface area contributed by atoms with Crippen molar-refractivity contribution in [3.63, 3.8) is 0 Å². The molecular formula is C19H35N3O2. The lowest BCUT2D eigenvalue weighted by Gasteiger charge is -2.25. The van der Waals surface area contributed by atoms with Crippen LogP contribution in [0.15, 0.2) is 9.59 Å². The van der Waals surface area contributed by atoms with Crippen molar-refractivity contribution in [3.8, 4) is 0 Å². The van der Waals surface area contributed by atoms with Crippen molar-refractivity contribution in [2.75, 3.05) is 37.3 Å². The van der Waals surface area contributed by atoms with E-state index < -0.39 is 10.9 Å². The standard InChI is InChI=1S/C19H35N3O2/c1-18(2,3)10-8-12-22(7)13-9-11-20-14-15(17(24)16(14)23)21-19(4,5)6/h20-21H,8-13H2,1-7H3. The minimum absolute atomic E-state index is 0.230. The van der Waals surface area contributed by atoms with Gasteiger partial charge in [-0.25, -0.2) is 0 Å². The first-order chi connectivity index (χ1) is 10.9. The fourth-order valence-electron chi connectivity index (χ4n) is 2.61. The molecule has 1 rings (SSSR count). The summed E-state index contributed by atoms with van der Waals surface area (Å²) in [5, 5.41) is 6.24. The zero-order valence-corrected chi connectivity index (χ0v) is 16.5. The number of nitrogens with zero attached hydrogens (tertiary/aromatic N) is 1. The molecule has 0 spiro atoms. The van der Waals surface area contributed by atoms with Crippen LogP contribution in [0.5, 0.6) is 0 Å². The molecule has 0 saturated carbocycles. The summed E-state index contributed by atoms with van der Waals surface area (Å²) in [7, 11) is 2.13. The molecule has 0 unspecified atom stereocenters. The van der Waals surface area contributed by atoms with Gasteiger partial charge in [-0.15, -0.1) is 0 Å². The normalized spacial score (nSPS) is 12.8. The minimum atomic E-state index is -0.410. The molecule has 0 radical (unpaired) electrons. The average molecular weight is 338 g/mol. The van der Waals surface area contributed by atoms with Gasteiger partial charge >= 0.3 is 0 Å². The maximum absolute atomic E-state index is 11.7. The molecule has 0 aliphatic carbocycles. The fourth-order valence-corrected chi connectivity index (χ4v) is 2.61. The fraction of sp³-hybridized carbons (Fsp3) is 0.789. The Hall–Kier alpha value is -1.36. The Kier molecular flexibility index (Phi) is 7.02. The van der Waals surface area contributed by atoms with Crippen molar-refractivity contribution in [2.45, 2.75) is 66.3 Å². The van der Waals surface area contributed by atoms with Crippen molar-refractivity contribution in [2.24, 2.45) is 5.41 Å². The number of rotatable bonds is 9. The number of anilines is 2. The predicted octanol–water partition coefficient (Wildman–Crippen LogP) is 3.05. The summed E-state index contributed by atoms with van der Waals surface area (Å²) in [6.45, 7) is 15.5. The second-order valence-corrected chi connectivity index (χ2v) is 9.03. The third-order valence-corrected chi connectivity index (χ3v) is 3.90. The summed E-state index contributed by atoms with van der Waals surface area (Å²) in [6.07, 6.45) is 3.37. The number of nitrogens with one attached hydrogen (secondary N) is 2. The molecular weight excluding hydrogens is 302 g/mol. The van der Waals surface area contributed by atoms with Crippen LogP contribution in [-0.2, 0) is 0 Å². The monoisotopic (exact) mass is 337 g/mol. The van der Waals surface area contributed by atoms with Gasteiger partial charge < -0.3 is 15.5 Å². The Morgan fingerprint density at radius 1 is 0.875 bits per heavy atom. The van der Waals surface area contributed by atoms with Crippen LogP contribution in [0.1, 0.15) is 60.8 Å². The van der Waals surface area contributed by atoms with E-state index in [2.05, 4.69) is 43.4 Å². The van der Waals surface area contributed by atoms with E-state index in [0.717, 1.165) is 19.5 Å². The first-order valence-electron chi connectivity index (χ1n) is 8.95. The SMILES string of the molecule is CN(CCCNc1c(NC(C)(C)C)c(=O)c1=O)CCCC(C)(C)C. The van der Waals surface area contributed by atoms with Gasteiger partial charge in [0.05, 0.1) is 0 Å². The van der Waals surface area contributed by atoms with Gasteiger partial charge in [0.25, 0.3) is 10.9 Å². The minimum Gasteiger partial charge on any atom is -0.380 e. The van der Waals surface area contributed by atoms with E-state index in [1.807, 2.05) is 20.8 Å². The van der Waals surface area contributed by atoms with E-state index in [-0.39, 0.29) is 5.54 Å². The summed E-state index contributed by atoms with van der Waals surface area (Å²) in [6, 6.07) is 0. The zero-order valence-electron chi connectivity index (χ0n) is 16.5. The van der Waals surface area contributed by atoms with Crippen molar-refractivity contribution in [1.82, 2.24) is 4.90 Å². The largest absolute Gasteiger partial charge is 0.380 e. The van der Waals surface area contributed by atoms with Crippen LogP contribution in [0.25, 0.3) is 0 Å². The van der Waals surface area contributed by atoms with Gasteiger partial charge in [0.15, 0.2) is 0 Å².